The number of benzene rings is 2. The van der Waals surface area contributed by atoms with Crippen LogP contribution >= 0.6 is 0 Å². The molecule has 2 aromatic carbocycles. The number of hydrogen-bond donors (Lipinski definition) is 4. The standard InChI is InChI=1S/C23H31N5O5S/c1-15(2)21(26-23(24)30)22(29)25-16-10-11-18(28-12-6-7-13-28)20(14-16)34(31,32)27-17-8-4-5-9-19(17)33-3/h4-5,8-11,14-15,21,27H,6-7,12-13H2,1-3H3,(H,25,29)(H3,24,26,30). The highest BCUT2D eigenvalue weighted by Gasteiger charge is 2.27. The summed E-state index contributed by atoms with van der Waals surface area (Å²) in [5.41, 5.74) is 6.33. The Balaban J connectivity index is 1.97. The molecule has 0 saturated carbocycles. The molecule has 10 nitrogen and oxygen atoms in total. The number of ether oxygens (including phenoxy) is 1. The number of nitrogens with one attached hydrogen (secondary N) is 3. The lowest BCUT2D eigenvalue weighted by Gasteiger charge is -2.24. The summed E-state index contributed by atoms with van der Waals surface area (Å²) < 4.78 is 34.9. The molecule has 1 fully saturated rings. The van der Waals surface area contributed by atoms with Crippen LogP contribution in [-0.4, -0.2) is 46.6 Å². The molecule has 11 heteroatoms. The van der Waals surface area contributed by atoms with Crippen LogP contribution in [0.3, 0.4) is 0 Å². The molecular weight excluding hydrogens is 458 g/mol. The van der Waals surface area contributed by atoms with E-state index in [1.165, 1.54) is 13.2 Å². The van der Waals surface area contributed by atoms with Gasteiger partial charge in [0.2, 0.25) is 5.91 Å². The molecule has 0 bridgehead atoms. The molecule has 1 heterocycles. The van der Waals surface area contributed by atoms with Crippen molar-refractivity contribution in [3.05, 3.63) is 42.5 Å². The molecule has 1 saturated heterocycles. The lowest BCUT2D eigenvalue weighted by Crippen LogP contribution is -2.49. The second-order valence-electron chi connectivity index (χ2n) is 8.40. The fraction of sp³-hybridized carbons (Fsp3) is 0.391. The van der Waals surface area contributed by atoms with E-state index in [-0.39, 0.29) is 16.5 Å². The van der Waals surface area contributed by atoms with E-state index in [0.29, 0.717) is 17.1 Å². The van der Waals surface area contributed by atoms with Gasteiger partial charge in [-0.3, -0.25) is 9.52 Å². The van der Waals surface area contributed by atoms with Gasteiger partial charge < -0.3 is 26.0 Å². The van der Waals surface area contributed by atoms with Crippen molar-refractivity contribution in [2.75, 3.05) is 35.1 Å². The number of rotatable bonds is 9. The molecule has 1 aliphatic heterocycles. The number of carbonyl (C=O) groups excluding carboxylic acids is 2. The van der Waals surface area contributed by atoms with Crippen LogP contribution in [0.5, 0.6) is 5.75 Å². The van der Waals surface area contributed by atoms with E-state index in [2.05, 4.69) is 15.4 Å². The Hall–Kier alpha value is -3.47. The fourth-order valence-electron chi connectivity index (χ4n) is 3.86. The van der Waals surface area contributed by atoms with E-state index in [9.17, 15) is 18.0 Å². The third-order valence-electron chi connectivity index (χ3n) is 5.56. The lowest BCUT2D eigenvalue weighted by molar-refractivity contribution is -0.118. The number of nitrogens with two attached hydrogens (primary N) is 1. The summed E-state index contributed by atoms with van der Waals surface area (Å²) in [5, 5.41) is 5.12. The third-order valence-corrected chi connectivity index (χ3v) is 6.96. The minimum Gasteiger partial charge on any atom is -0.495 e. The van der Waals surface area contributed by atoms with Crippen LogP contribution in [0.1, 0.15) is 26.7 Å². The lowest BCUT2D eigenvalue weighted by atomic mass is 10.0. The van der Waals surface area contributed by atoms with Crippen molar-refractivity contribution in [3.8, 4) is 5.75 Å². The molecule has 0 aromatic heterocycles. The first kappa shape index (κ1) is 25.2. The summed E-state index contributed by atoms with van der Waals surface area (Å²) in [4.78, 5) is 26.1. The number of para-hydroxylation sites is 2. The van der Waals surface area contributed by atoms with Crippen molar-refractivity contribution in [1.82, 2.24) is 5.32 Å². The summed E-state index contributed by atoms with van der Waals surface area (Å²) in [6.07, 6.45) is 1.93. The zero-order valence-corrected chi connectivity index (χ0v) is 20.3. The summed E-state index contributed by atoms with van der Waals surface area (Å²) >= 11 is 0. The first-order chi connectivity index (χ1) is 16.1. The van der Waals surface area contributed by atoms with E-state index in [1.807, 2.05) is 4.90 Å². The predicted molar refractivity (Wildman–Crippen MR) is 132 cm³/mol. The summed E-state index contributed by atoms with van der Waals surface area (Å²) in [7, 11) is -2.58. The monoisotopic (exact) mass is 489 g/mol. The van der Waals surface area contributed by atoms with E-state index >= 15 is 0 Å². The van der Waals surface area contributed by atoms with Crippen LogP contribution in [-0.2, 0) is 14.8 Å². The molecule has 1 atom stereocenters. The average Bonchev–Trinajstić information content (AvgIpc) is 3.32. The Morgan fingerprint density at radius 1 is 1.09 bits per heavy atom. The van der Waals surface area contributed by atoms with E-state index in [4.69, 9.17) is 10.5 Å². The molecule has 0 spiro atoms. The number of anilines is 3. The molecule has 1 unspecified atom stereocenters. The van der Waals surface area contributed by atoms with Crippen molar-refractivity contribution in [1.29, 1.82) is 0 Å². The Bertz CT molecular complexity index is 1150. The number of sulfonamides is 1. The van der Waals surface area contributed by atoms with Gasteiger partial charge in [-0.1, -0.05) is 26.0 Å². The highest BCUT2D eigenvalue weighted by atomic mass is 32.2. The Kier molecular flexibility index (Phi) is 7.87. The van der Waals surface area contributed by atoms with Gasteiger partial charge in [-0.15, -0.1) is 0 Å². The second-order valence-corrected chi connectivity index (χ2v) is 10.1. The van der Waals surface area contributed by atoms with Crippen LogP contribution < -0.4 is 30.7 Å². The topological polar surface area (TPSA) is 143 Å². The van der Waals surface area contributed by atoms with Crippen molar-refractivity contribution in [2.45, 2.75) is 37.6 Å². The summed E-state index contributed by atoms with van der Waals surface area (Å²) in [5.74, 6) is -0.342. The van der Waals surface area contributed by atoms with Gasteiger partial charge >= 0.3 is 6.03 Å². The molecular formula is C23H31N5O5S. The van der Waals surface area contributed by atoms with Gasteiger partial charge in [0.1, 0.15) is 16.7 Å². The Morgan fingerprint density at radius 3 is 2.38 bits per heavy atom. The Labute approximate surface area is 199 Å². The molecule has 34 heavy (non-hydrogen) atoms. The van der Waals surface area contributed by atoms with E-state index in [1.54, 1.807) is 50.2 Å². The van der Waals surface area contributed by atoms with Crippen molar-refractivity contribution in [3.63, 3.8) is 0 Å². The number of primary amides is 1. The van der Waals surface area contributed by atoms with Gasteiger partial charge in [-0.2, -0.15) is 0 Å². The smallest absolute Gasteiger partial charge is 0.312 e. The molecule has 184 valence electrons. The molecule has 0 aliphatic carbocycles. The highest BCUT2D eigenvalue weighted by Crippen LogP contribution is 2.34. The number of amides is 3. The maximum atomic E-state index is 13.5. The minimum absolute atomic E-state index is 0.0297. The van der Waals surface area contributed by atoms with Crippen molar-refractivity contribution >= 4 is 39.0 Å². The zero-order chi connectivity index (χ0) is 24.9. The fourth-order valence-corrected chi connectivity index (χ4v) is 5.19. The van der Waals surface area contributed by atoms with Gasteiger partial charge in [-0.25, -0.2) is 13.2 Å². The quantitative estimate of drug-likeness (QED) is 0.427. The first-order valence-corrected chi connectivity index (χ1v) is 12.5. The number of urea groups is 1. The maximum Gasteiger partial charge on any atom is 0.312 e. The van der Waals surface area contributed by atoms with Gasteiger partial charge in [0.25, 0.3) is 10.0 Å². The number of hydrogen-bond acceptors (Lipinski definition) is 6. The van der Waals surface area contributed by atoms with Crippen LogP contribution in [0, 0.1) is 5.92 Å². The molecule has 5 N–H and O–H groups in total. The maximum absolute atomic E-state index is 13.5. The van der Waals surface area contributed by atoms with Gasteiger partial charge in [0.15, 0.2) is 0 Å². The SMILES string of the molecule is COc1ccccc1NS(=O)(=O)c1cc(NC(=O)C(NC(N)=O)C(C)C)ccc1N1CCCC1. The summed E-state index contributed by atoms with van der Waals surface area (Å²) in [6.45, 7) is 5.01. The zero-order valence-electron chi connectivity index (χ0n) is 19.5. The molecule has 3 amide bonds. The van der Waals surface area contributed by atoms with E-state index in [0.717, 1.165) is 25.9 Å². The average molecular weight is 490 g/mol. The van der Waals surface area contributed by atoms with Crippen molar-refractivity contribution in [2.24, 2.45) is 11.7 Å². The largest absolute Gasteiger partial charge is 0.495 e. The van der Waals surface area contributed by atoms with E-state index < -0.39 is 28.0 Å². The van der Waals surface area contributed by atoms with Gasteiger partial charge in [-0.05, 0) is 49.1 Å². The normalized spacial score (nSPS) is 14.5. The molecule has 3 rings (SSSR count). The number of methoxy groups -OCH3 is 1. The van der Waals surface area contributed by atoms with Crippen LogP contribution in [0.4, 0.5) is 21.9 Å². The molecule has 0 radical (unpaired) electrons. The van der Waals surface area contributed by atoms with Crippen LogP contribution in [0.15, 0.2) is 47.4 Å². The van der Waals surface area contributed by atoms with Crippen LogP contribution in [0.2, 0.25) is 0 Å². The molecule has 2 aromatic rings. The second kappa shape index (κ2) is 10.6. The highest BCUT2D eigenvalue weighted by molar-refractivity contribution is 7.93. The Morgan fingerprint density at radius 2 is 1.76 bits per heavy atom. The van der Waals surface area contributed by atoms with Gasteiger partial charge in [0.05, 0.1) is 18.5 Å². The predicted octanol–water partition coefficient (Wildman–Crippen LogP) is 2.73. The van der Waals surface area contributed by atoms with Crippen LogP contribution in [0.25, 0.3) is 0 Å². The van der Waals surface area contributed by atoms with Crippen molar-refractivity contribution < 1.29 is 22.7 Å². The van der Waals surface area contributed by atoms with Gasteiger partial charge in [0, 0.05) is 18.8 Å². The number of nitrogens with zero attached hydrogens (tertiary/aromatic N) is 1. The first-order valence-electron chi connectivity index (χ1n) is 11.0. The third kappa shape index (κ3) is 5.90. The summed E-state index contributed by atoms with van der Waals surface area (Å²) in [6, 6.07) is 9.78. The molecule has 1 aliphatic rings. The minimum atomic E-state index is -4.04. The number of carbonyl (C=O) groups is 2.